The van der Waals surface area contributed by atoms with Crippen LogP contribution in [0, 0.1) is 0 Å². The predicted molar refractivity (Wildman–Crippen MR) is 61.1 cm³/mol. The molecule has 0 aromatic carbocycles. The maximum absolute atomic E-state index is 5.69. The maximum Gasteiger partial charge on any atom is 0.173 e. The van der Waals surface area contributed by atoms with E-state index in [1.165, 1.54) is 0 Å². The fraction of sp³-hybridized carbons (Fsp3) is 0.250. The molecule has 2 heterocycles. The number of aromatic nitrogens is 3. The Labute approximate surface area is 97.1 Å². The van der Waals surface area contributed by atoms with E-state index in [-0.39, 0.29) is 12.4 Å². The molecule has 14 heavy (non-hydrogen) atoms. The van der Waals surface area contributed by atoms with Crippen molar-refractivity contribution in [2.45, 2.75) is 5.88 Å². The van der Waals surface area contributed by atoms with E-state index in [9.17, 15) is 0 Å². The van der Waals surface area contributed by atoms with Gasteiger partial charge in [0.1, 0.15) is 5.82 Å². The van der Waals surface area contributed by atoms with Crippen LogP contribution in [0.5, 0.6) is 0 Å². The van der Waals surface area contributed by atoms with Gasteiger partial charge in [-0.05, 0) is 11.4 Å². The summed E-state index contributed by atoms with van der Waals surface area (Å²) in [6, 6.07) is 4.02. The minimum atomic E-state index is 0. The van der Waals surface area contributed by atoms with Gasteiger partial charge in [0.05, 0.1) is 10.8 Å². The van der Waals surface area contributed by atoms with Gasteiger partial charge in [-0.15, -0.1) is 45.5 Å². The zero-order valence-corrected chi connectivity index (χ0v) is 9.86. The molecule has 0 atom stereocenters. The van der Waals surface area contributed by atoms with Crippen LogP contribution in [0.25, 0.3) is 10.7 Å². The summed E-state index contributed by atoms with van der Waals surface area (Å²) in [6.07, 6.45) is 0. The normalized spacial score (nSPS) is 9.86. The smallest absolute Gasteiger partial charge is 0.173 e. The monoisotopic (exact) mass is 249 g/mol. The zero-order chi connectivity index (χ0) is 9.26. The van der Waals surface area contributed by atoms with Gasteiger partial charge in [-0.3, -0.25) is 0 Å². The van der Waals surface area contributed by atoms with Gasteiger partial charge >= 0.3 is 0 Å². The molecule has 0 unspecified atom stereocenters. The van der Waals surface area contributed by atoms with Crippen molar-refractivity contribution in [2.24, 2.45) is 7.05 Å². The third-order valence-corrected chi connectivity index (χ3v) is 2.93. The molecule has 0 saturated carbocycles. The highest BCUT2D eigenvalue weighted by atomic mass is 35.5. The molecule has 0 aliphatic rings. The first-order chi connectivity index (χ1) is 6.33. The van der Waals surface area contributed by atoms with Crippen LogP contribution in [0.1, 0.15) is 5.82 Å². The van der Waals surface area contributed by atoms with E-state index in [1.54, 1.807) is 11.3 Å². The molecule has 2 aromatic rings. The lowest BCUT2D eigenvalue weighted by Crippen LogP contribution is -1.95. The fourth-order valence-electron chi connectivity index (χ4n) is 1.10. The second-order valence-electron chi connectivity index (χ2n) is 2.61. The molecule has 76 valence electrons. The lowest BCUT2D eigenvalue weighted by atomic mass is 10.4. The number of thiophene rings is 1. The van der Waals surface area contributed by atoms with Gasteiger partial charge in [0.15, 0.2) is 5.82 Å². The van der Waals surface area contributed by atoms with Gasteiger partial charge in [0.25, 0.3) is 0 Å². The van der Waals surface area contributed by atoms with Gasteiger partial charge in [0.2, 0.25) is 0 Å². The summed E-state index contributed by atoms with van der Waals surface area (Å²) in [5.41, 5.74) is 0. The van der Waals surface area contributed by atoms with Gasteiger partial charge in [-0.2, -0.15) is 0 Å². The van der Waals surface area contributed by atoms with Crippen molar-refractivity contribution in [3.05, 3.63) is 23.3 Å². The van der Waals surface area contributed by atoms with Crippen molar-refractivity contribution in [3.63, 3.8) is 0 Å². The van der Waals surface area contributed by atoms with Crippen LogP contribution in [-0.4, -0.2) is 14.8 Å². The molecule has 0 N–H and O–H groups in total. The summed E-state index contributed by atoms with van der Waals surface area (Å²) in [5.74, 6) is 2.07. The number of halogens is 2. The molecule has 0 fully saturated rings. The second-order valence-corrected chi connectivity index (χ2v) is 3.82. The van der Waals surface area contributed by atoms with E-state index >= 15 is 0 Å². The van der Waals surface area contributed by atoms with Crippen LogP contribution in [0.2, 0.25) is 0 Å². The third kappa shape index (κ3) is 1.92. The molecular formula is C8H9Cl2N3S. The highest BCUT2D eigenvalue weighted by Crippen LogP contribution is 2.22. The van der Waals surface area contributed by atoms with Gasteiger partial charge in [0, 0.05) is 7.05 Å². The average Bonchev–Trinajstić information content (AvgIpc) is 2.72. The summed E-state index contributed by atoms with van der Waals surface area (Å²) in [7, 11) is 1.92. The van der Waals surface area contributed by atoms with Crippen molar-refractivity contribution >= 4 is 35.3 Å². The van der Waals surface area contributed by atoms with E-state index in [0.717, 1.165) is 16.5 Å². The van der Waals surface area contributed by atoms with E-state index < -0.39 is 0 Å². The number of rotatable bonds is 2. The Bertz CT molecular complexity index is 397. The van der Waals surface area contributed by atoms with Crippen LogP contribution in [0.15, 0.2) is 17.5 Å². The molecule has 0 radical (unpaired) electrons. The first-order valence-corrected chi connectivity index (χ1v) is 5.22. The molecule has 0 spiro atoms. The molecule has 0 amide bonds. The van der Waals surface area contributed by atoms with E-state index in [1.807, 2.05) is 29.1 Å². The van der Waals surface area contributed by atoms with E-state index in [0.29, 0.717) is 5.88 Å². The minimum absolute atomic E-state index is 0. The van der Waals surface area contributed by atoms with Crippen LogP contribution in [0.3, 0.4) is 0 Å². The molecule has 0 bridgehead atoms. The Balaban J connectivity index is 0.000000980. The summed E-state index contributed by atoms with van der Waals surface area (Å²) in [6.45, 7) is 0. The minimum Gasteiger partial charge on any atom is -0.312 e. The lowest BCUT2D eigenvalue weighted by Gasteiger charge is -1.98. The molecule has 0 aliphatic carbocycles. The zero-order valence-electron chi connectivity index (χ0n) is 7.48. The van der Waals surface area contributed by atoms with Gasteiger partial charge in [-0.25, -0.2) is 0 Å². The van der Waals surface area contributed by atoms with E-state index in [2.05, 4.69) is 10.2 Å². The van der Waals surface area contributed by atoms with Crippen molar-refractivity contribution in [1.82, 2.24) is 14.8 Å². The Morgan fingerprint density at radius 2 is 2.29 bits per heavy atom. The second kappa shape index (κ2) is 4.77. The van der Waals surface area contributed by atoms with Gasteiger partial charge < -0.3 is 4.57 Å². The maximum atomic E-state index is 5.69. The lowest BCUT2D eigenvalue weighted by molar-refractivity contribution is 0.855. The van der Waals surface area contributed by atoms with Crippen molar-refractivity contribution < 1.29 is 0 Å². The highest BCUT2D eigenvalue weighted by molar-refractivity contribution is 7.13. The summed E-state index contributed by atoms with van der Waals surface area (Å²) >= 11 is 7.33. The molecule has 0 saturated heterocycles. The molecule has 3 nitrogen and oxygen atoms in total. The topological polar surface area (TPSA) is 30.7 Å². The number of hydrogen-bond acceptors (Lipinski definition) is 3. The Morgan fingerprint density at radius 1 is 1.50 bits per heavy atom. The largest absolute Gasteiger partial charge is 0.312 e. The molecule has 2 aromatic heterocycles. The standard InChI is InChI=1S/C8H8ClN3S.ClH/c1-12-7(5-9)10-11-8(12)6-3-2-4-13-6;/h2-4H,5H2,1H3;1H. The fourth-order valence-corrected chi connectivity index (χ4v) is 2.07. The summed E-state index contributed by atoms with van der Waals surface area (Å²) in [5, 5.41) is 10.1. The molecule has 0 aliphatic heterocycles. The average molecular weight is 250 g/mol. The molecule has 6 heteroatoms. The Kier molecular flexibility index (Phi) is 3.92. The summed E-state index contributed by atoms with van der Waals surface area (Å²) in [4.78, 5) is 1.12. The van der Waals surface area contributed by atoms with Crippen LogP contribution in [0.4, 0.5) is 0 Å². The number of nitrogens with zero attached hydrogens (tertiary/aromatic N) is 3. The van der Waals surface area contributed by atoms with Crippen molar-refractivity contribution in [2.75, 3.05) is 0 Å². The van der Waals surface area contributed by atoms with Crippen LogP contribution < -0.4 is 0 Å². The first kappa shape index (κ1) is 11.5. The van der Waals surface area contributed by atoms with Crippen LogP contribution in [-0.2, 0) is 12.9 Å². The quantitative estimate of drug-likeness (QED) is 0.767. The van der Waals surface area contributed by atoms with E-state index in [4.69, 9.17) is 11.6 Å². The van der Waals surface area contributed by atoms with Gasteiger partial charge in [-0.1, -0.05) is 6.07 Å². The third-order valence-electron chi connectivity index (χ3n) is 1.83. The SMILES string of the molecule is Cl.Cn1c(CCl)nnc1-c1cccs1. The molecular weight excluding hydrogens is 241 g/mol. The Morgan fingerprint density at radius 3 is 2.79 bits per heavy atom. The van der Waals surface area contributed by atoms with Crippen LogP contribution >= 0.6 is 35.3 Å². The molecule has 2 rings (SSSR count). The number of alkyl halides is 1. The first-order valence-electron chi connectivity index (χ1n) is 3.81. The van der Waals surface area contributed by atoms with Crippen molar-refractivity contribution in [3.8, 4) is 10.7 Å². The number of hydrogen-bond donors (Lipinski definition) is 0. The summed E-state index contributed by atoms with van der Waals surface area (Å²) < 4.78 is 1.92. The highest BCUT2D eigenvalue weighted by Gasteiger charge is 2.09. The van der Waals surface area contributed by atoms with Crippen molar-refractivity contribution in [1.29, 1.82) is 0 Å². The Hall–Kier alpha value is -0.580. The predicted octanol–water partition coefficient (Wildman–Crippen LogP) is 2.70.